The monoisotopic (exact) mass is 580 g/mol. The molecule has 2 atom stereocenters. The van der Waals surface area contributed by atoms with E-state index in [9.17, 15) is 27.5 Å². The van der Waals surface area contributed by atoms with Gasteiger partial charge in [0.15, 0.2) is 0 Å². The van der Waals surface area contributed by atoms with E-state index in [1.54, 1.807) is 12.3 Å². The number of nitrogens with zero attached hydrogens (tertiary/aromatic N) is 2. The Labute approximate surface area is 234 Å². The van der Waals surface area contributed by atoms with Gasteiger partial charge in [0.25, 0.3) is 0 Å². The zero-order valence-electron chi connectivity index (χ0n) is 22.8. The molecule has 2 N–H and O–H groups in total. The fraction of sp³-hybridized carbons (Fsp3) is 0.500. The smallest absolute Gasteiger partial charge is 0.507 e. The van der Waals surface area contributed by atoms with Crippen molar-refractivity contribution in [3.63, 3.8) is 0 Å². The van der Waals surface area contributed by atoms with E-state index in [1.807, 2.05) is 24.4 Å². The molecule has 3 rings (SSSR count). The number of phenolic OH excluding ortho intramolecular Hbond substituents is 2. The quantitative estimate of drug-likeness (QED) is 0.220. The Bertz CT molecular complexity index is 1100. The third kappa shape index (κ3) is 10.8. The fourth-order valence-corrected chi connectivity index (χ4v) is 4.15. The first-order valence-corrected chi connectivity index (χ1v) is 12.6. The molecule has 1 aliphatic carbocycles. The van der Waals surface area contributed by atoms with E-state index in [1.165, 1.54) is 5.56 Å². The number of rotatable bonds is 4. The fourth-order valence-electron chi connectivity index (χ4n) is 4.15. The Morgan fingerprint density at radius 1 is 0.789 bits per heavy atom. The molecule has 0 saturated heterocycles. The Morgan fingerprint density at radius 2 is 1.26 bits per heavy atom. The van der Waals surface area contributed by atoms with Crippen LogP contribution in [0.3, 0.4) is 0 Å². The molecule has 213 valence electrons. The number of benzene rings is 2. The molecule has 2 aromatic carbocycles. The van der Waals surface area contributed by atoms with Crippen LogP contribution in [0.4, 0.5) is 17.3 Å². The van der Waals surface area contributed by atoms with Gasteiger partial charge < -0.3 is 27.5 Å². The Kier molecular flexibility index (Phi) is 12.1. The molecule has 0 unspecified atom stereocenters. The standard InChI is InChI=1S/C28H38N2O2.BF4.Co/c1-27(2,3)21-15-20(26(32)22(16-21)28(4,5)6)18-30-24-13-9-8-12-23(24)29-17-19-11-7-10-14-25(19)31;2-1(3,4)5;/h7,10-11,14-18,23-24,31-32H,8-9,12-13H2,1-6H3;;/q;-1;/t23-,24-;;/m0../s1. The molecule has 1 aliphatic rings. The van der Waals surface area contributed by atoms with Gasteiger partial charge in [0.2, 0.25) is 0 Å². The van der Waals surface area contributed by atoms with Crippen molar-refractivity contribution in [3.05, 3.63) is 58.7 Å². The SMILES string of the molecule is CC(C)(C)c1cc(C=N[C@H]2CCCC[C@@H]2N=Cc2ccccc2O)c(O)c(C(C)(C)C)c1.F[B-](F)(F)F.[Co]. The molecular weight excluding hydrogens is 542 g/mol. The van der Waals surface area contributed by atoms with Crippen LogP contribution in [0.5, 0.6) is 11.5 Å². The molecule has 0 aromatic heterocycles. The first-order chi connectivity index (χ1) is 17.0. The van der Waals surface area contributed by atoms with Crippen molar-refractivity contribution in [3.8, 4) is 11.5 Å². The van der Waals surface area contributed by atoms with Crippen LogP contribution >= 0.6 is 0 Å². The molecule has 0 amide bonds. The van der Waals surface area contributed by atoms with E-state index in [-0.39, 0.29) is 45.4 Å². The Hall–Kier alpha value is -2.33. The van der Waals surface area contributed by atoms with Crippen LogP contribution < -0.4 is 0 Å². The molecule has 10 heteroatoms. The second-order valence-electron chi connectivity index (χ2n) is 11.5. The summed E-state index contributed by atoms with van der Waals surface area (Å²) in [6.07, 6.45) is 7.83. The summed E-state index contributed by atoms with van der Waals surface area (Å²) in [5, 5.41) is 21.1. The molecule has 1 fully saturated rings. The number of aromatic hydroxyl groups is 2. The zero-order chi connectivity index (χ0) is 28.0. The number of hydrogen-bond acceptors (Lipinski definition) is 4. The van der Waals surface area contributed by atoms with Crippen molar-refractivity contribution in [2.45, 2.75) is 90.1 Å². The van der Waals surface area contributed by atoms with Gasteiger partial charge in [-0.25, -0.2) is 0 Å². The van der Waals surface area contributed by atoms with Crippen molar-refractivity contribution in [2.75, 3.05) is 0 Å². The minimum Gasteiger partial charge on any atom is -0.507 e. The second-order valence-corrected chi connectivity index (χ2v) is 11.5. The first-order valence-electron chi connectivity index (χ1n) is 12.6. The molecule has 0 bridgehead atoms. The maximum Gasteiger partial charge on any atom is 0.673 e. The third-order valence-corrected chi connectivity index (χ3v) is 6.25. The number of para-hydroxylation sites is 1. The summed E-state index contributed by atoms with van der Waals surface area (Å²) in [6, 6.07) is 11.6. The summed E-state index contributed by atoms with van der Waals surface area (Å²) in [7, 11) is -6.00. The van der Waals surface area contributed by atoms with Gasteiger partial charge in [-0.15, -0.1) is 0 Å². The van der Waals surface area contributed by atoms with Crippen LogP contribution in [0.15, 0.2) is 46.4 Å². The van der Waals surface area contributed by atoms with E-state index in [4.69, 9.17) is 9.98 Å². The summed E-state index contributed by atoms with van der Waals surface area (Å²) >= 11 is 0. The van der Waals surface area contributed by atoms with Gasteiger partial charge in [0, 0.05) is 45.9 Å². The number of phenols is 2. The number of hydrogen-bond donors (Lipinski definition) is 2. The average Bonchev–Trinajstić information content (AvgIpc) is 2.75. The summed E-state index contributed by atoms with van der Waals surface area (Å²) in [5.41, 5.74) is 3.46. The number of aliphatic imine (C=N–C) groups is 2. The molecule has 0 heterocycles. The summed E-state index contributed by atoms with van der Waals surface area (Å²) in [5.74, 6) is 0.560. The predicted molar refractivity (Wildman–Crippen MR) is 145 cm³/mol. The summed E-state index contributed by atoms with van der Waals surface area (Å²) < 4.78 is 39.0. The molecule has 1 saturated carbocycles. The molecule has 0 aliphatic heterocycles. The van der Waals surface area contributed by atoms with E-state index in [0.717, 1.165) is 42.4 Å². The summed E-state index contributed by atoms with van der Waals surface area (Å²) in [6.45, 7) is 13.0. The maximum absolute atomic E-state index is 11.0. The van der Waals surface area contributed by atoms with Gasteiger partial charge in [-0.05, 0) is 47.4 Å². The van der Waals surface area contributed by atoms with Crippen LogP contribution in [0.2, 0.25) is 0 Å². The van der Waals surface area contributed by atoms with E-state index in [0.29, 0.717) is 5.75 Å². The van der Waals surface area contributed by atoms with Crippen molar-refractivity contribution in [1.29, 1.82) is 0 Å². The van der Waals surface area contributed by atoms with Gasteiger partial charge in [-0.1, -0.05) is 72.6 Å². The molecule has 1 radical (unpaired) electrons. The van der Waals surface area contributed by atoms with Crippen LogP contribution in [-0.2, 0) is 27.6 Å². The van der Waals surface area contributed by atoms with Crippen molar-refractivity contribution in [1.82, 2.24) is 0 Å². The van der Waals surface area contributed by atoms with Crippen molar-refractivity contribution < 1.29 is 44.3 Å². The van der Waals surface area contributed by atoms with Gasteiger partial charge in [0.1, 0.15) is 11.5 Å². The Balaban J connectivity index is 0.00000110. The average molecular weight is 580 g/mol. The normalized spacial score (nSPS) is 18.7. The number of halogens is 4. The minimum atomic E-state index is -6.00. The molecule has 38 heavy (non-hydrogen) atoms. The van der Waals surface area contributed by atoms with Gasteiger partial charge in [-0.2, -0.15) is 0 Å². The van der Waals surface area contributed by atoms with Crippen LogP contribution in [0.25, 0.3) is 0 Å². The molecule has 2 aromatic rings. The maximum atomic E-state index is 11.0. The molecular formula is C28H38BCoF4N2O2-. The molecule has 0 spiro atoms. The topological polar surface area (TPSA) is 65.2 Å². The van der Waals surface area contributed by atoms with Gasteiger partial charge >= 0.3 is 7.25 Å². The van der Waals surface area contributed by atoms with E-state index in [2.05, 4.69) is 53.7 Å². The van der Waals surface area contributed by atoms with E-state index >= 15 is 0 Å². The predicted octanol–water partition coefficient (Wildman–Crippen LogP) is 7.84. The first kappa shape index (κ1) is 33.7. The van der Waals surface area contributed by atoms with Crippen LogP contribution in [0, 0.1) is 0 Å². The second kappa shape index (κ2) is 13.6. The molecule has 4 nitrogen and oxygen atoms in total. The zero-order valence-corrected chi connectivity index (χ0v) is 23.9. The Morgan fingerprint density at radius 3 is 1.71 bits per heavy atom. The van der Waals surface area contributed by atoms with Crippen LogP contribution in [0.1, 0.15) is 89.5 Å². The van der Waals surface area contributed by atoms with E-state index < -0.39 is 7.25 Å². The van der Waals surface area contributed by atoms with Gasteiger partial charge in [0.05, 0.1) is 12.1 Å². The van der Waals surface area contributed by atoms with Gasteiger partial charge in [-0.3, -0.25) is 9.98 Å². The van der Waals surface area contributed by atoms with Crippen molar-refractivity contribution in [2.24, 2.45) is 9.98 Å². The summed E-state index contributed by atoms with van der Waals surface area (Å²) in [4.78, 5) is 9.70. The van der Waals surface area contributed by atoms with Crippen molar-refractivity contribution >= 4 is 19.7 Å². The largest absolute Gasteiger partial charge is 0.673 e. The third-order valence-electron chi connectivity index (χ3n) is 6.25. The van der Waals surface area contributed by atoms with Crippen LogP contribution in [-0.4, -0.2) is 42.0 Å². The minimum absolute atomic E-state index is 0.